The fourth-order valence-electron chi connectivity index (χ4n) is 0. The van der Waals surface area contributed by atoms with Gasteiger partial charge >= 0.3 is 0 Å². The summed E-state index contributed by atoms with van der Waals surface area (Å²) in [6, 6.07) is 0. The second kappa shape index (κ2) is 42.5. The Morgan fingerprint density at radius 1 is 0.500 bits per heavy atom. The standard InChI is InChI=1S/Mo.4P.W/q;4*-3;. The smallest absolute Gasteiger partial charge is 0 e. The van der Waals surface area contributed by atoms with Crippen LogP contribution in [-0.4, -0.2) is 0 Å². The summed E-state index contributed by atoms with van der Waals surface area (Å²) in [4.78, 5) is 0. The van der Waals surface area contributed by atoms with Crippen molar-refractivity contribution in [3.05, 3.63) is 0 Å². The van der Waals surface area contributed by atoms with Crippen molar-refractivity contribution in [3.63, 3.8) is 0 Å². The Morgan fingerprint density at radius 3 is 0.500 bits per heavy atom. The minimum Gasteiger partial charge on any atom is -3.00 e. The van der Waals surface area contributed by atoms with Crippen LogP contribution in [-0.2, 0) is 42.1 Å². The van der Waals surface area contributed by atoms with Crippen molar-refractivity contribution in [1.82, 2.24) is 0 Å². The molecule has 0 spiro atoms. The molecule has 0 nitrogen and oxygen atoms in total. The maximum absolute atomic E-state index is 0. The van der Waals surface area contributed by atoms with E-state index in [1.807, 2.05) is 0 Å². The Labute approximate surface area is 81.1 Å². The van der Waals surface area contributed by atoms with Crippen LogP contribution in [0.4, 0.5) is 0 Å². The molecule has 0 aliphatic heterocycles. The fraction of sp³-hybridized carbons (Fsp3) is 0. The van der Waals surface area contributed by atoms with E-state index in [0.29, 0.717) is 0 Å². The minimum absolute atomic E-state index is 0. The fourth-order valence-corrected chi connectivity index (χ4v) is 0. The molecule has 0 saturated carbocycles. The van der Waals surface area contributed by atoms with Crippen molar-refractivity contribution in [2.75, 3.05) is 0 Å². The molecule has 0 unspecified atom stereocenters. The second-order valence-electron chi connectivity index (χ2n) is 0. The van der Waals surface area contributed by atoms with Gasteiger partial charge in [-0.05, 0) is 0 Å². The first-order valence-electron chi connectivity index (χ1n) is 0. The summed E-state index contributed by atoms with van der Waals surface area (Å²) in [6.45, 7) is 0. The van der Waals surface area contributed by atoms with Crippen molar-refractivity contribution in [2.45, 2.75) is 0 Å². The Bertz CT molecular complexity index is 7.51. The molecule has 0 rings (SSSR count). The van der Waals surface area contributed by atoms with Crippen LogP contribution in [0.15, 0.2) is 0 Å². The molecule has 6 heteroatoms. The third-order valence-corrected chi connectivity index (χ3v) is 0. The van der Waals surface area contributed by atoms with Gasteiger partial charge in [-0.1, -0.05) is 0 Å². The third kappa shape index (κ3) is 27.5. The van der Waals surface area contributed by atoms with E-state index in [-0.39, 0.29) is 81.7 Å². The summed E-state index contributed by atoms with van der Waals surface area (Å²) in [5.41, 5.74) is 0. The molecule has 0 aromatic carbocycles. The first-order chi connectivity index (χ1) is 0. The van der Waals surface area contributed by atoms with Crippen molar-refractivity contribution in [3.8, 4) is 0 Å². The van der Waals surface area contributed by atoms with Crippen LogP contribution in [0.3, 0.4) is 0 Å². The molecule has 0 heterocycles. The van der Waals surface area contributed by atoms with Crippen LogP contribution in [0.25, 0.3) is 0 Å². The van der Waals surface area contributed by atoms with Gasteiger partial charge in [0.2, 0.25) is 0 Å². The van der Waals surface area contributed by atoms with Gasteiger partial charge in [0.15, 0.2) is 0 Å². The van der Waals surface area contributed by atoms with Crippen molar-refractivity contribution >= 4 is 39.6 Å². The molecule has 0 bridgehead atoms. The summed E-state index contributed by atoms with van der Waals surface area (Å²) >= 11 is 0. The van der Waals surface area contributed by atoms with Crippen LogP contribution in [0.5, 0.6) is 0 Å². The monoisotopic (exact) mass is 406 g/mol. The molecule has 0 aromatic heterocycles. The Balaban J connectivity index is 0. The molecular formula is MoP4W-12. The van der Waals surface area contributed by atoms with Gasteiger partial charge in [0.25, 0.3) is 0 Å². The van der Waals surface area contributed by atoms with Gasteiger partial charge in [-0.25, -0.2) is 0 Å². The van der Waals surface area contributed by atoms with Crippen molar-refractivity contribution < 1.29 is 42.1 Å². The van der Waals surface area contributed by atoms with Gasteiger partial charge in [-0.2, -0.15) is 0 Å². The summed E-state index contributed by atoms with van der Waals surface area (Å²) in [5.74, 6) is 0. The van der Waals surface area contributed by atoms with E-state index in [4.69, 9.17) is 0 Å². The van der Waals surface area contributed by atoms with Gasteiger partial charge in [0, 0.05) is 42.1 Å². The maximum Gasteiger partial charge on any atom is 0 e. The average Bonchev–Trinajstić information content (AvgIpc) is 0. The quantitative estimate of drug-likeness (QED) is 0.429. The van der Waals surface area contributed by atoms with Crippen LogP contribution in [0, 0.1) is 0 Å². The predicted molar refractivity (Wildman–Crippen MR) is 27.7 cm³/mol. The summed E-state index contributed by atoms with van der Waals surface area (Å²) in [7, 11) is 0. The van der Waals surface area contributed by atoms with E-state index in [1.54, 1.807) is 0 Å². The summed E-state index contributed by atoms with van der Waals surface area (Å²) in [5, 5.41) is 0. The van der Waals surface area contributed by atoms with Gasteiger partial charge < -0.3 is 39.6 Å². The summed E-state index contributed by atoms with van der Waals surface area (Å²) < 4.78 is 0. The maximum atomic E-state index is 0. The first-order valence-corrected chi connectivity index (χ1v) is 0. The summed E-state index contributed by atoms with van der Waals surface area (Å²) in [6.07, 6.45) is 0. The molecule has 6 heavy (non-hydrogen) atoms. The topological polar surface area (TPSA) is 0 Å². The number of rotatable bonds is 0. The molecule has 0 N–H and O–H groups in total. The molecule has 0 radical (unpaired) electrons. The van der Waals surface area contributed by atoms with Crippen LogP contribution >= 0.6 is 39.6 Å². The van der Waals surface area contributed by atoms with Crippen molar-refractivity contribution in [2.24, 2.45) is 0 Å². The van der Waals surface area contributed by atoms with E-state index in [1.165, 1.54) is 0 Å². The van der Waals surface area contributed by atoms with Gasteiger partial charge in [0.05, 0.1) is 0 Å². The SMILES string of the molecule is [Mo].[P-3].[P-3].[P-3].[P-3].[W]. The second-order valence-corrected chi connectivity index (χ2v) is 0. The largest absolute Gasteiger partial charge is 3.00 e. The van der Waals surface area contributed by atoms with E-state index >= 15 is 0 Å². The molecule has 0 aromatic rings. The number of hydrogen-bond donors (Lipinski definition) is 0. The van der Waals surface area contributed by atoms with E-state index in [9.17, 15) is 0 Å². The van der Waals surface area contributed by atoms with Crippen LogP contribution in [0.2, 0.25) is 0 Å². The molecule has 0 aliphatic carbocycles. The molecule has 44 valence electrons. The van der Waals surface area contributed by atoms with Crippen molar-refractivity contribution in [1.29, 1.82) is 0 Å². The van der Waals surface area contributed by atoms with E-state index in [0.717, 1.165) is 0 Å². The molecule has 0 atom stereocenters. The normalized spacial score (nSPS) is 0. The average molecular weight is 404 g/mol. The van der Waals surface area contributed by atoms with Gasteiger partial charge in [0.1, 0.15) is 0 Å². The molecule has 0 saturated heterocycles. The number of hydrogen-bond acceptors (Lipinski definition) is 0. The van der Waals surface area contributed by atoms with Gasteiger partial charge in [-0.15, -0.1) is 0 Å². The molecule has 0 amide bonds. The van der Waals surface area contributed by atoms with E-state index in [2.05, 4.69) is 0 Å². The Hall–Kier alpha value is 3.10. The Kier molecular flexibility index (Phi) is 441. The zero-order valence-corrected chi connectivity index (χ0v) is 11.1. The zero-order valence-electron chi connectivity index (χ0n) is 2.61. The van der Waals surface area contributed by atoms with E-state index < -0.39 is 0 Å². The van der Waals surface area contributed by atoms with Gasteiger partial charge in [-0.3, -0.25) is 0 Å². The third-order valence-electron chi connectivity index (χ3n) is 0. The molecule has 0 fully saturated rings. The predicted octanol–water partition coefficient (Wildman–Crippen LogP) is 3.44. The van der Waals surface area contributed by atoms with Crippen LogP contribution in [0.1, 0.15) is 0 Å². The molecular weight excluding hydrogens is 404 g/mol. The molecule has 0 aliphatic rings. The van der Waals surface area contributed by atoms with Crippen LogP contribution < -0.4 is 0 Å². The zero-order chi connectivity index (χ0) is 0. The Morgan fingerprint density at radius 2 is 0.500 bits per heavy atom. The minimum atomic E-state index is 0. The first kappa shape index (κ1) is 62.2.